The number of hydrogen-bond donors (Lipinski definition) is 1. The van der Waals surface area contributed by atoms with Crippen molar-refractivity contribution in [3.05, 3.63) is 24.2 Å². The summed E-state index contributed by atoms with van der Waals surface area (Å²) >= 11 is 0. The van der Waals surface area contributed by atoms with Crippen LogP contribution in [0.15, 0.2) is 27.8 Å². The van der Waals surface area contributed by atoms with Crippen molar-refractivity contribution in [2.45, 2.75) is 45.6 Å². The molecule has 0 bridgehead atoms. The van der Waals surface area contributed by atoms with Gasteiger partial charge in [-0.15, -0.1) is 0 Å². The average molecular weight is 289 g/mol. The van der Waals surface area contributed by atoms with Crippen LogP contribution in [0.25, 0.3) is 0 Å². The smallest absolute Gasteiger partial charge is 0.194 e. The second-order valence-corrected chi connectivity index (χ2v) is 6.64. The van der Waals surface area contributed by atoms with Crippen LogP contribution in [0.1, 0.15) is 38.9 Å². The molecular weight excluding hydrogens is 262 g/mol. The third kappa shape index (κ3) is 4.02. The molecular formula is C17H27N3O. The maximum Gasteiger partial charge on any atom is 0.194 e. The van der Waals surface area contributed by atoms with Crippen LogP contribution < -0.4 is 5.32 Å². The molecule has 0 spiro atoms. The van der Waals surface area contributed by atoms with Gasteiger partial charge >= 0.3 is 0 Å². The van der Waals surface area contributed by atoms with Gasteiger partial charge in [0.05, 0.1) is 6.26 Å². The Balaban J connectivity index is 1.59. The van der Waals surface area contributed by atoms with E-state index in [4.69, 9.17) is 9.41 Å². The van der Waals surface area contributed by atoms with Crippen LogP contribution in [0.4, 0.5) is 0 Å². The van der Waals surface area contributed by atoms with Gasteiger partial charge in [0.25, 0.3) is 0 Å². The molecule has 2 unspecified atom stereocenters. The number of likely N-dealkylation sites (tertiary alicyclic amines) is 1. The Morgan fingerprint density at radius 3 is 2.86 bits per heavy atom. The van der Waals surface area contributed by atoms with E-state index in [1.807, 2.05) is 12.1 Å². The summed E-state index contributed by atoms with van der Waals surface area (Å²) in [5.41, 5.74) is 0. The fraction of sp³-hybridized carbons (Fsp3) is 0.706. The van der Waals surface area contributed by atoms with E-state index in [0.29, 0.717) is 6.04 Å². The minimum Gasteiger partial charge on any atom is -0.469 e. The van der Waals surface area contributed by atoms with Gasteiger partial charge in [0.1, 0.15) is 5.76 Å². The lowest BCUT2D eigenvalue weighted by Crippen LogP contribution is -2.48. The zero-order valence-corrected chi connectivity index (χ0v) is 13.2. The summed E-state index contributed by atoms with van der Waals surface area (Å²) in [6, 6.07) is 4.62. The Morgan fingerprint density at radius 1 is 1.33 bits per heavy atom. The summed E-state index contributed by atoms with van der Waals surface area (Å²) < 4.78 is 5.38. The first-order valence-electron chi connectivity index (χ1n) is 8.30. The molecule has 21 heavy (non-hydrogen) atoms. The summed E-state index contributed by atoms with van der Waals surface area (Å²) in [7, 11) is 0. The van der Waals surface area contributed by atoms with Crippen molar-refractivity contribution in [1.29, 1.82) is 0 Å². The number of nitrogens with one attached hydrogen (secondary N) is 1. The lowest BCUT2D eigenvalue weighted by molar-refractivity contribution is 0.199. The standard InChI is InChI=1S/C17H27N3O/c1-13-8-10-20(12-14(13)2)17(19-15-5-6-15)18-9-7-16-4-3-11-21-16/h3-4,11,13-15H,5-10,12H2,1-2H3,(H,18,19). The van der Waals surface area contributed by atoms with Crippen LogP contribution in [0.3, 0.4) is 0 Å². The molecule has 116 valence electrons. The summed E-state index contributed by atoms with van der Waals surface area (Å²) in [6.45, 7) is 7.77. The van der Waals surface area contributed by atoms with Crippen molar-refractivity contribution in [3.63, 3.8) is 0 Å². The minimum atomic E-state index is 0.655. The van der Waals surface area contributed by atoms with Gasteiger partial charge in [0.2, 0.25) is 0 Å². The van der Waals surface area contributed by atoms with Crippen molar-refractivity contribution in [1.82, 2.24) is 10.2 Å². The molecule has 1 saturated carbocycles. The molecule has 1 aromatic heterocycles. The SMILES string of the molecule is CC1CCN(C(=NCCc2ccco2)NC2CC2)CC1C. The predicted molar refractivity (Wildman–Crippen MR) is 85.4 cm³/mol. The third-order valence-corrected chi connectivity index (χ3v) is 4.74. The Kier molecular flexibility index (Phi) is 4.51. The molecule has 0 amide bonds. The maximum absolute atomic E-state index is 5.38. The van der Waals surface area contributed by atoms with Crippen molar-refractivity contribution < 1.29 is 4.42 Å². The molecule has 2 fully saturated rings. The molecule has 2 heterocycles. The Bertz CT molecular complexity index is 464. The van der Waals surface area contributed by atoms with Gasteiger partial charge < -0.3 is 14.6 Å². The van der Waals surface area contributed by atoms with Gasteiger partial charge in [-0.2, -0.15) is 0 Å². The molecule has 4 nitrogen and oxygen atoms in total. The van der Waals surface area contributed by atoms with Gasteiger partial charge in [-0.05, 0) is 43.2 Å². The molecule has 2 aliphatic rings. The number of nitrogens with zero attached hydrogens (tertiary/aromatic N) is 2. The molecule has 2 atom stereocenters. The molecule has 0 radical (unpaired) electrons. The fourth-order valence-electron chi connectivity index (χ4n) is 2.83. The first-order chi connectivity index (χ1) is 10.2. The topological polar surface area (TPSA) is 40.8 Å². The quantitative estimate of drug-likeness (QED) is 0.684. The van der Waals surface area contributed by atoms with E-state index in [1.54, 1.807) is 6.26 Å². The number of hydrogen-bond acceptors (Lipinski definition) is 2. The van der Waals surface area contributed by atoms with Crippen LogP contribution in [-0.2, 0) is 6.42 Å². The van der Waals surface area contributed by atoms with Gasteiger partial charge in [0, 0.05) is 32.1 Å². The highest BCUT2D eigenvalue weighted by Gasteiger charge is 2.28. The number of aliphatic imine (C=N–C) groups is 1. The van der Waals surface area contributed by atoms with E-state index in [0.717, 1.165) is 49.6 Å². The summed E-state index contributed by atoms with van der Waals surface area (Å²) in [6.07, 6.45) is 6.46. The lowest BCUT2D eigenvalue weighted by atomic mass is 9.89. The highest BCUT2D eigenvalue weighted by atomic mass is 16.3. The molecule has 1 aliphatic heterocycles. The van der Waals surface area contributed by atoms with Gasteiger partial charge in [-0.3, -0.25) is 4.99 Å². The normalized spacial score (nSPS) is 27.0. The van der Waals surface area contributed by atoms with Gasteiger partial charge in [0.15, 0.2) is 5.96 Å². The second-order valence-electron chi connectivity index (χ2n) is 6.64. The van der Waals surface area contributed by atoms with Crippen LogP contribution in [0.2, 0.25) is 0 Å². The third-order valence-electron chi connectivity index (χ3n) is 4.74. The lowest BCUT2D eigenvalue weighted by Gasteiger charge is -2.37. The summed E-state index contributed by atoms with van der Waals surface area (Å²) in [5.74, 6) is 3.70. The van der Waals surface area contributed by atoms with E-state index in [9.17, 15) is 0 Å². The molecule has 1 aromatic rings. The van der Waals surface area contributed by atoms with Crippen molar-refractivity contribution in [3.8, 4) is 0 Å². The van der Waals surface area contributed by atoms with Crippen molar-refractivity contribution in [2.24, 2.45) is 16.8 Å². The van der Waals surface area contributed by atoms with Crippen LogP contribution in [0, 0.1) is 11.8 Å². The number of guanidine groups is 1. The molecule has 3 rings (SSSR count). The predicted octanol–water partition coefficient (Wildman–Crippen LogP) is 2.91. The van der Waals surface area contributed by atoms with Gasteiger partial charge in [-0.25, -0.2) is 0 Å². The molecule has 1 saturated heterocycles. The monoisotopic (exact) mass is 289 g/mol. The van der Waals surface area contributed by atoms with E-state index in [2.05, 4.69) is 24.1 Å². The summed E-state index contributed by atoms with van der Waals surface area (Å²) in [5, 5.41) is 3.62. The van der Waals surface area contributed by atoms with Crippen LogP contribution in [-0.4, -0.2) is 36.5 Å². The Hall–Kier alpha value is -1.45. The van der Waals surface area contributed by atoms with Crippen LogP contribution >= 0.6 is 0 Å². The molecule has 4 heteroatoms. The van der Waals surface area contributed by atoms with E-state index < -0.39 is 0 Å². The largest absolute Gasteiger partial charge is 0.469 e. The zero-order valence-electron chi connectivity index (χ0n) is 13.2. The molecule has 0 aromatic carbocycles. The minimum absolute atomic E-state index is 0.655. The number of furan rings is 1. The van der Waals surface area contributed by atoms with Crippen molar-refractivity contribution in [2.75, 3.05) is 19.6 Å². The summed E-state index contributed by atoms with van der Waals surface area (Å²) in [4.78, 5) is 7.28. The van der Waals surface area contributed by atoms with E-state index in [-0.39, 0.29) is 0 Å². The fourth-order valence-corrected chi connectivity index (χ4v) is 2.83. The second kappa shape index (κ2) is 6.54. The first-order valence-corrected chi connectivity index (χ1v) is 8.30. The first kappa shape index (κ1) is 14.5. The maximum atomic E-state index is 5.38. The van der Waals surface area contributed by atoms with Crippen LogP contribution in [0.5, 0.6) is 0 Å². The Labute approximate surface area is 127 Å². The Morgan fingerprint density at radius 2 is 2.19 bits per heavy atom. The van der Waals surface area contributed by atoms with E-state index in [1.165, 1.54) is 19.3 Å². The highest BCUT2D eigenvalue weighted by Crippen LogP contribution is 2.24. The molecule has 1 N–H and O–H groups in total. The van der Waals surface area contributed by atoms with E-state index >= 15 is 0 Å². The van der Waals surface area contributed by atoms with Crippen molar-refractivity contribution >= 4 is 5.96 Å². The average Bonchev–Trinajstić information content (AvgIpc) is 3.14. The number of piperidine rings is 1. The molecule has 1 aliphatic carbocycles. The zero-order chi connectivity index (χ0) is 14.7. The van der Waals surface area contributed by atoms with Gasteiger partial charge in [-0.1, -0.05) is 13.8 Å². The highest BCUT2D eigenvalue weighted by molar-refractivity contribution is 5.80. The number of rotatable bonds is 4.